The summed E-state index contributed by atoms with van der Waals surface area (Å²) in [6.07, 6.45) is 0. The predicted molar refractivity (Wildman–Crippen MR) is 274 cm³/mol. The van der Waals surface area contributed by atoms with Crippen molar-refractivity contribution in [2.45, 2.75) is 5.41 Å². The Morgan fingerprint density at radius 2 is 0.627 bits per heavy atom. The minimum Gasteiger partial charge on any atom is -0.310 e. The van der Waals surface area contributed by atoms with Crippen LogP contribution in [0.5, 0.6) is 0 Å². The fourth-order valence-corrected chi connectivity index (χ4v) is 11.3. The third-order valence-electron chi connectivity index (χ3n) is 14.1. The molecule has 13 rings (SSSR count). The van der Waals surface area contributed by atoms with Crippen molar-refractivity contribution in [3.05, 3.63) is 264 Å². The van der Waals surface area contributed by atoms with Crippen LogP contribution in [0.1, 0.15) is 33.4 Å². The highest BCUT2D eigenvalue weighted by atomic mass is 15.1. The normalized spacial score (nSPS) is 12.6. The molecule has 0 amide bonds. The van der Waals surface area contributed by atoms with Gasteiger partial charge in [-0.15, -0.1) is 0 Å². The molecule has 0 aromatic heterocycles. The number of hydrogen-bond acceptors (Lipinski definition) is 4. The topological polar surface area (TPSA) is 54.1 Å². The molecule has 11 aromatic carbocycles. The second-order valence-corrected chi connectivity index (χ2v) is 17.4. The zero-order valence-electron chi connectivity index (χ0n) is 36.2. The van der Waals surface area contributed by atoms with Gasteiger partial charge in [-0.25, -0.2) is 0 Å². The first-order valence-corrected chi connectivity index (χ1v) is 22.6. The van der Waals surface area contributed by atoms with Crippen LogP contribution in [0.3, 0.4) is 0 Å². The third-order valence-corrected chi connectivity index (χ3v) is 14.1. The van der Waals surface area contributed by atoms with E-state index in [2.05, 4.69) is 192 Å². The van der Waals surface area contributed by atoms with E-state index in [0.717, 1.165) is 34.1 Å². The zero-order chi connectivity index (χ0) is 44.6. The number of fused-ring (bicyclic) bond motifs is 16. The smallest absolute Gasteiger partial charge is 0.0991 e. The summed E-state index contributed by atoms with van der Waals surface area (Å²) in [5, 5.41) is 27.0. The van der Waals surface area contributed by atoms with Crippen LogP contribution in [0.25, 0.3) is 54.6 Å². The van der Waals surface area contributed by atoms with Gasteiger partial charge < -0.3 is 9.80 Å². The summed E-state index contributed by atoms with van der Waals surface area (Å²) >= 11 is 0. The van der Waals surface area contributed by atoms with Gasteiger partial charge in [-0.1, -0.05) is 121 Å². The van der Waals surface area contributed by atoms with Crippen LogP contribution in [0, 0.1) is 22.7 Å². The number of anilines is 6. The largest absolute Gasteiger partial charge is 0.310 e. The van der Waals surface area contributed by atoms with Crippen molar-refractivity contribution in [1.82, 2.24) is 0 Å². The monoisotopic (exact) mass is 850 g/mol. The number of benzene rings is 11. The number of para-hydroxylation sites is 2. The highest BCUT2D eigenvalue weighted by molar-refractivity contribution is 6.26. The van der Waals surface area contributed by atoms with Crippen molar-refractivity contribution in [3.8, 4) is 34.4 Å². The van der Waals surface area contributed by atoms with Gasteiger partial charge in [0.05, 0.1) is 28.7 Å². The number of nitriles is 2. The van der Waals surface area contributed by atoms with Crippen molar-refractivity contribution in [3.63, 3.8) is 0 Å². The van der Waals surface area contributed by atoms with E-state index in [9.17, 15) is 10.5 Å². The van der Waals surface area contributed by atoms with Crippen LogP contribution in [-0.2, 0) is 5.41 Å². The van der Waals surface area contributed by atoms with E-state index in [4.69, 9.17) is 0 Å². The Kier molecular flexibility index (Phi) is 8.52. The zero-order valence-corrected chi connectivity index (χ0v) is 36.2. The van der Waals surface area contributed by atoms with Crippen LogP contribution in [0.15, 0.2) is 231 Å². The van der Waals surface area contributed by atoms with E-state index < -0.39 is 5.41 Å². The maximum Gasteiger partial charge on any atom is 0.0991 e. The molecule has 4 nitrogen and oxygen atoms in total. The molecule has 0 heterocycles. The molecule has 4 heteroatoms. The van der Waals surface area contributed by atoms with Gasteiger partial charge in [0.2, 0.25) is 0 Å². The summed E-state index contributed by atoms with van der Waals surface area (Å²) in [6, 6.07) is 87.0. The van der Waals surface area contributed by atoms with Crippen LogP contribution >= 0.6 is 0 Å². The van der Waals surface area contributed by atoms with Gasteiger partial charge in [-0.05, 0) is 186 Å². The predicted octanol–water partition coefficient (Wildman–Crippen LogP) is 16.2. The number of hydrogen-bond donors (Lipinski definition) is 0. The Morgan fingerprint density at radius 3 is 1.10 bits per heavy atom. The highest BCUT2D eigenvalue weighted by Crippen LogP contribution is 2.65. The lowest BCUT2D eigenvalue weighted by atomic mass is 9.70. The van der Waals surface area contributed by atoms with Gasteiger partial charge in [0, 0.05) is 34.1 Å². The van der Waals surface area contributed by atoms with Crippen molar-refractivity contribution in [2.75, 3.05) is 9.80 Å². The lowest BCUT2D eigenvalue weighted by molar-refractivity contribution is 0.795. The SMILES string of the molecule is N#Cc1ccc(N(c2ccccc2)c2ccc3c(c2)C2(c4ccccc4-c4cc5c6ccccc6c6ccccc6c5cc42)c2cc(N(c4ccccc4)c4ccc(C#N)cc4)ccc2-3)cc1. The molecule has 67 heavy (non-hydrogen) atoms. The first-order valence-electron chi connectivity index (χ1n) is 22.6. The van der Waals surface area contributed by atoms with E-state index >= 15 is 0 Å². The molecule has 1 spiro atoms. The van der Waals surface area contributed by atoms with Crippen molar-refractivity contribution < 1.29 is 0 Å². The van der Waals surface area contributed by atoms with E-state index in [1.807, 2.05) is 60.7 Å². The molecule has 0 N–H and O–H groups in total. The Hall–Kier alpha value is -9.22. The van der Waals surface area contributed by atoms with Crippen molar-refractivity contribution in [1.29, 1.82) is 10.5 Å². The molecule has 0 fully saturated rings. The van der Waals surface area contributed by atoms with Crippen LogP contribution in [-0.4, -0.2) is 0 Å². The molecule has 0 saturated heterocycles. The quantitative estimate of drug-likeness (QED) is 0.156. The fourth-order valence-electron chi connectivity index (χ4n) is 11.3. The van der Waals surface area contributed by atoms with E-state index in [-0.39, 0.29) is 0 Å². The molecular formula is C63H38N4. The first kappa shape index (κ1) is 38.3. The summed E-state index contributed by atoms with van der Waals surface area (Å²) in [5.74, 6) is 0. The molecule has 0 bridgehead atoms. The maximum absolute atomic E-state index is 9.77. The first-order chi connectivity index (χ1) is 33.1. The average molecular weight is 851 g/mol. The van der Waals surface area contributed by atoms with Crippen molar-refractivity contribution >= 4 is 66.4 Å². The second kappa shape index (κ2) is 14.9. The molecule has 310 valence electrons. The summed E-state index contributed by atoms with van der Waals surface area (Å²) in [7, 11) is 0. The molecular weight excluding hydrogens is 813 g/mol. The third kappa shape index (κ3) is 5.64. The molecule has 0 atom stereocenters. The van der Waals surface area contributed by atoms with Gasteiger partial charge >= 0.3 is 0 Å². The van der Waals surface area contributed by atoms with Crippen molar-refractivity contribution in [2.24, 2.45) is 0 Å². The van der Waals surface area contributed by atoms with E-state index in [1.54, 1.807) is 0 Å². The molecule has 0 radical (unpaired) electrons. The molecule has 0 saturated carbocycles. The minimum absolute atomic E-state index is 0.619. The van der Waals surface area contributed by atoms with Crippen LogP contribution in [0.4, 0.5) is 34.1 Å². The number of rotatable bonds is 6. The van der Waals surface area contributed by atoms with E-state index in [1.165, 1.54) is 76.8 Å². The number of nitrogens with zero attached hydrogens (tertiary/aromatic N) is 4. The van der Waals surface area contributed by atoms with Gasteiger partial charge in [0.15, 0.2) is 0 Å². The van der Waals surface area contributed by atoms with Gasteiger partial charge in [0.1, 0.15) is 0 Å². The standard InChI is InChI=1S/C63H38N4/c64-39-41-23-27-45(28-24-41)66(43-13-3-1-4-14-43)47-31-33-54-55-34-32-48(67(44-15-5-2-6-16-44)46-29-25-42(40-65)26-30-46)36-61(55)63(60(54)35-47)59-22-12-11-21-53(59)58-37-56-51-19-9-7-17-49(51)50-18-8-10-20-52(50)57(56)38-62(58)63/h1-38H. The molecule has 2 aliphatic rings. The summed E-state index contributed by atoms with van der Waals surface area (Å²) in [5.41, 5.74) is 16.3. The van der Waals surface area contributed by atoms with Crippen LogP contribution in [0.2, 0.25) is 0 Å². The Morgan fingerprint density at radius 1 is 0.269 bits per heavy atom. The molecule has 0 unspecified atom stereocenters. The maximum atomic E-state index is 9.77. The Balaban J connectivity index is 1.14. The molecule has 2 aliphatic carbocycles. The summed E-state index contributed by atoms with van der Waals surface area (Å²) in [4.78, 5) is 4.60. The highest BCUT2D eigenvalue weighted by Gasteiger charge is 2.52. The average Bonchev–Trinajstić information content (AvgIpc) is 3.85. The lowest BCUT2D eigenvalue weighted by Crippen LogP contribution is -2.26. The van der Waals surface area contributed by atoms with Crippen LogP contribution < -0.4 is 9.80 Å². The van der Waals surface area contributed by atoms with Gasteiger partial charge in [-0.3, -0.25) is 0 Å². The van der Waals surface area contributed by atoms with Gasteiger partial charge in [0.25, 0.3) is 0 Å². The fraction of sp³-hybridized carbons (Fsp3) is 0.0159. The Bertz CT molecular complexity index is 3730. The Labute approximate surface area is 388 Å². The van der Waals surface area contributed by atoms with E-state index in [0.29, 0.717) is 11.1 Å². The lowest BCUT2D eigenvalue weighted by Gasteiger charge is -2.33. The summed E-state index contributed by atoms with van der Waals surface area (Å²) < 4.78 is 0. The second-order valence-electron chi connectivity index (χ2n) is 17.4. The minimum atomic E-state index is -0.719. The molecule has 0 aliphatic heterocycles. The molecule has 11 aromatic rings. The summed E-state index contributed by atoms with van der Waals surface area (Å²) in [6.45, 7) is 0. The van der Waals surface area contributed by atoms with Gasteiger partial charge in [-0.2, -0.15) is 10.5 Å².